The van der Waals surface area contributed by atoms with E-state index in [2.05, 4.69) is 14.4 Å². The first-order chi connectivity index (χ1) is 13.4. The molecule has 1 N–H and O–H groups in total. The van der Waals surface area contributed by atoms with Gasteiger partial charge in [-0.3, -0.25) is 4.98 Å². The van der Waals surface area contributed by atoms with Crippen LogP contribution in [0.1, 0.15) is 41.7 Å². The number of ether oxygens (including phenoxy) is 2. The predicted octanol–water partition coefficient (Wildman–Crippen LogP) is 2.85. The van der Waals surface area contributed by atoms with Crippen LogP contribution in [0, 0.1) is 6.92 Å². The molecule has 0 unspecified atom stereocenters. The van der Waals surface area contributed by atoms with Gasteiger partial charge in [0, 0.05) is 12.2 Å². The standard InChI is InChI=1S/C20H24N2O5S/c1-14-19(7-4-12-21-14)27-17-10-8-16(9-11-17)22-28(24,25)18-6-3-5-15(13-18)20(23)26-2/h3-7,12-13,16-17,22H,8-11H2,1-2H3. The van der Waals surface area contributed by atoms with Crippen molar-refractivity contribution in [3.05, 3.63) is 53.9 Å². The Bertz CT molecular complexity index is 937. The lowest BCUT2D eigenvalue weighted by atomic mass is 9.93. The largest absolute Gasteiger partial charge is 0.489 e. The average Bonchev–Trinajstić information content (AvgIpc) is 2.70. The number of hydrogen-bond acceptors (Lipinski definition) is 6. The molecule has 1 fully saturated rings. The molecule has 1 aliphatic carbocycles. The summed E-state index contributed by atoms with van der Waals surface area (Å²) in [4.78, 5) is 15.9. The topological polar surface area (TPSA) is 94.6 Å². The summed E-state index contributed by atoms with van der Waals surface area (Å²) >= 11 is 0. The highest BCUT2D eigenvalue weighted by molar-refractivity contribution is 7.89. The van der Waals surface area contributed by atoms with Crippen molar-refractivity contribution < 1.29 is 22.7 Å². The van der Waals surface area contributed by atoms with Crippen molar-refractivity contribution in [2.75, 3.05) is 7.11 Å². The summed E-state index contributed by atoms with van der Waals surface area (Å²) in [7, 11) is -2.46. The number of aryl methyl sites for hydroxylation is 1. The summed E-state index contributed by atoms with van der Waals surface area (Å²) < 4.78 is 38.8. The van der Waals surface area contributed by atoms with Crippen LogP contribution in [0.3, 0.4) is 0 Å². The molecule has 1 aromatic heterocycles. The number of hydrogen-bond donors (Lipinski definition) is 1. The molecule has 0 saturated heterocycles. The molecule has 0 aliphatic heterocycles. The number of aromatic nitrogens is 1. The summed E-state index contributed by atoms with van der Waals surface area (Å²) in [6, 6.07) is 9.41. The second-order valence-electron chi connectivity index (χ2n) is 6.82. The Labute approximate surface area is 165 Å². The van der Waals surface area contributed by atoms with Crippen LogP contribution in [0.4, 0.5) is 0 Å². The zero-order valence-corrected chi connectivity index (χ0v) is 16.7. The summed E-state index contributed by atoms with van der Waals surface area (Å²) in [5, 5.41) is 0. The highest BCUT2D eigenvalue weighted by atomic mass is 32.2. The molecule has 1 aliphatic rings. The molecule has 1 heterocycles. The molecule has 1 aromatic carbocycles. The molecule has 0 bridgehead atoms. The lowest BCUT2D eigenvalue weighted by molar-refractivity contribution is 0.0600. The van der Waals surface area contributed by atoms with Gasteiger partial charge in [0.1, 0.15) is 5.75 Å². The number of esters is 1. The summed E-state index contributed by atoms with van der Waals surface area (Å²) in [5.74, 6) is 0.201. The van der Waals surface area contributed by atoms with Crippen LogP contribution in [0.5, 0.6) is 5.75 Å². The number of nitrogens with one attached hydrogen (secondary N) is 1. The second-order valence-corrected chi connectivity index (χ2v) is 8.53. The van der Waals surface area contributed by atoms with E-state index in [0.717, 1.165) is 24.3 Å². The lowest BCUT2D eigenvalue weighted by Gasteiger charge is -2.29. The van der Waals surface area contributed by atoms with E-state index in [4.69, 9.17) is 4.74 Å². The van der Waals surface area contributed by atoms with Crippen LogP contribution in [0.15, 0.2) is 47.5 Å². The van der Waals surface area contributed by atoms with Crippen molar-refractivity contribution in [3.8, 4) is 5.75 Å². The fourth-order valence-electron chi connectivity index (χ4n) is 3.27. The molecule has 7 nitrogen and oxygen atoms in total. The Balaban J connectivity index is 1.59. The first kappa shape index (κ1) is 20.3. The Kier molecular flexibility index (Phi) is 6.31. The van der Waals surface area contributed by atoms with Gasteiger partial charge in [-0.15, -0.1) is 0 Å². The van der Waals surface area contributed by atoms with Gasteiger partial charge in [-0.25, -0.2) is 17.9 Å². The fourth-order valence-corrected chi connectivity index (χ4v) is 4.62. The number of pyridine rings is 1. The summed E-state index contributed by atoms with van der Waals surface area (Å²) in [6.45, 7) is 1.90. The van der Waals surface area contributed by atoms with Gasteiger partial charge in [0.15, 0.2) is 0 Å². The third-order valence-electron chi connectivity index (χ3n) is 4.81. The minimum Gasteiger partial charge on any atom is -0.489 e. The van der Waals surface area contributed by atoms with E-state index in [1.54, 1.807) is 6.20 Å². The first-order valence-corrected chi connectivity index (χ1v) is 10.7. The lowest BCUT2D eigenvalue weighted by Crippen LogP contribution is -2.39. The van der Waals surface area contributed by atoms with E-state index in [1.807, 2.05) is 19.1 Å². The van der Waals surface area contributed by atoms with Gasteiger partial charge < -0.3 is 9.47 Å². The van der Waals surface area contributed by atoms with E-state index in [9.17, 15) is 13.2 Å². The van der Waals surface area contributed by atoms with Gasteiger partial charge in [0.25, 0.3) is 0 Å². The summed E-state index contributed by atoms with van der Waals surface area (Å²) in [6.07, 6.45) is 4.64. The zero-order valence-electron chi connectivity index (χ0n) is 15.9. The molecule has 0 atom stereocenters. The number of carbonyl (C=O) groups excluding carboxylic acids is 1. The highest BCUT2D eigenvalue weighted by Crippen LogP contribution is 2.26. The molecule has 0 amide bonds. The van der Waals surface area contributed by atoms with E-state index < -0.39 is 16.0 Å². The molecule has 0 spiro atoms. The smallest absolute Gasteiger partial charge is 0.337 e. The Morgan fingerprint density at radius 1 is 1.14 bits per heavy atom. The van der Waals surface area contributed by atoms with Gasteiger partial charge in [0.2, 0.25) is 10.0 Å². The number of sulfonamides is 1. The first-order valence-electron chi connectivity index (χ1n) is 9.18. The molecule has 2 aromatic rings. The average molecular weight is 404 g/mol. The number of methoxy groups -OCH3 is 1. The molecular weight excluding hydrogens is 380 g/mol. The van der Waals surface area contributed by atoms with Crippen molar-refractivity contribution in [2.45, 2.75) is 49.6 Å². The van der Waals surface area contributed by atoms with Crippen molar-refractivity contribution in [2.24, 2.45) is 0 Å². The van der Waals surface area contributed by atoms with Crippen LogP contribution in [0.2, 0.25) is 0 Å². The highest BCUT2D eigenvalue weighted by Gasteiger charge is 2.27. The number of benzene rings is 1. The van der Waals surface area contributed by atoms with Gasteiger partial charge in [-0.1, -0.05) is 6.07 Å². The monoisotopic (exact) mass is 404 g/mol. The maximum atomic E-state index is 12.7. The number of carbonyl (C=O) groups is 1. The van der Waals surface area contributed by atoms with Crippen LogP contribution < -0.4 is 9.46 Å². The predicted molar refractivity (Wildman–Crippen MR) is 104 cm³/mol. The molecule has 28 heavy (non-hydrogen) atoms. The van der Waals surface area contributed by atoms with Gasteiger partial charge in [0.05, 0.1) is 29.4 Å². The maximum absolute atomic E-state index is 12.7. The maximum Gasteiger partial charge on any atom is 0.337 e. The normalized spacial score (nSPS) is 19.8. The summed E-state index contributed by atoms with van der Waals surface area (Å²) in [5.41, 5.74) is 1.05. The number of nitrogens with zero attached hydrogens (tertiary/aromatic N) is 1. The molecular formula is C20H24N2O5S. The quantitative estimate of drug-likeness (QED) is 0.744. The van der Waals surface area contributed by atoms with Crippen LogP contribution >= 0.6 is 0 Å². The minimum absolute atomic E-state index is 0.0475. The van der Waals surface area contributed by atoms with Crippen LogP contribution in [-0.4, -0.2) is 38.6 Å². The Hall–Kier alpha value is -2.45. The Morgan fingerprint density at radius 2 is 1.89 bits per heavy atom. The van der Waals surface area contributed by atoms with Crippen molar-refractivity contribution in [3.63, 3.8) is 0 Å². The van der Waals surface area contributed by atoms with Gasteiger partial charge in [-0.05, 0) is 62.9 Å². The van der Waals surface area contributed by atoms with Crippen LogP contribution in [0.25, 0.3) is 0 Å². The van der Waals surface area contributed by atoms with E-state index in [-0.39, 0.29) is 22.6 Å². The molecule has 150 valence electrons. The van der Waals surface area contributed by atoms with E-state index >= 15 is 0 Å². The van der Waals surface area contributed by atoms with E-state index in [1.165, 1.54) is 31.4 Å². The molecule has 3 rings (SSSR count). The minimum atomic E-state index is -3.72. The van der Waals surface area contributed by atoms with Gasteiger partial charge in [-0.2, -0.15) is 0 Å². The van der Waals surface area contributed by atoms with Crippen LogP contribution in [-0.2, 0) is 14.8 Å². The van der Waals surface area contributed by atoms with E-state index in [0.29, 0.717) is 12.8 Å². The number of rotatable bonds is 6. The second kappa shape index (κ2) is 8.70. The van der Waals surface area contributed by atoms with Crippen molar-refractivity contribution in [1.82, 2.24) is 9.71 Å². The van der Waals surface area contributed by atoms with Crippen molar-refractivity contribution in [1.29, 1.82) is 0 Å². The SMILES string of the molecule is COC(=O)c1cccc(S(=O)(=O)NC2CCC(Oc3cccnc3C)CC2)c1. The molecule has 0 radical (unpaired) electrons. The van der Waals surface area contributed by atoms with Crippen molar-refractivity contribution >= 4 is 16.0 Å². The third kappa shape index (κ3) is 4.88. The van der Waals surface area contributed by atoms with Gasteiger partial charge >= 0.3 is 5.97 Å². The fraction of sp³-hybridized carbons (Fsp3) is 0.400. The zero-order chi connectivity index (χ0) is 20.1. The molecule has 1 saturated carbocycles. The Morgan fingerprint density at radius 3 is 2.57 bits per heavy atom. The molecule has 8 heteroatoms. The third-order valence-corrected chi connectivity index (χ3v) is 6.33.